The van der Waals surface area contributed by atoms with Crippen LogP contribution in [0, 0.1) is 0 Å². The summed E-state index contributed by atoms with van der Waals surface area (Å²) in [6.45, 7) is 0.797. The van der Waals surface area contributed by atoms with Crippen LogP contribution >= 0.6 is 0 Å². The highest BCUT2D eigenvalue weighted by Gasteiger charge is 2.24. The summed E-state index contributed by atoms with van der Waals surface area (Å²) in [5.74, 6) is 0. The van der Waals surface area contributed by atoms with E-state index in [1.54, 1.807) is 12.1 Å². The molecule has 1 fully saturated rings. The van der Waals surface area contributed by atoms with Crippen molar-refractivity contribution >= 4 is 10.0 Å². The zero-order valence-electron chi connectivity index (χ0n) is 12.7. The number of hydrogen-bond donors (Lipinski definition) is 2. The molecule has 0 amide bonds. The van der Waals surface area contributed by atoms with E-state index < -0.39 is 10.0 Å². The quantitative estimate of drug-likeness (QED) is 0.859. The van der Waals surface area contributed by atoms with Gasteiger partial charge in [-0.15, -0.1) is 0 Å². The van der Waals surface area contributed by atoms with E-state index in [0.717, 1.165) is 37.8 Å². The molecule has 6 heteroatoms. The second-order valence-corrected chi connectivity index (χ2v) is 7.84. The Labute approximate surface area is 127 Å². The van der Waals surface area contributed by atoms with Gasteiger partial charge in [-0.25, -0.2) is 13.1 Å². The summed E-state index contributed by atoms with van der Waals surface area (Å²) in [6.07, 6.45) is 3.55. The summed E-state index contributed by atoms with van der Waals surface area (Å²) < 4.78 is 27.5. The molecule has 1 aliphatic carbocycles. The van der Waals surface area contributed by atoms with E-state index in [2.05, 4.69) is 4.72 Å². The van der Waals surface area contributed by atoms with Crippen LogP contribution in [0.2, 0.25) is 0 Å². The predicted molar refractivity (Wildman–Crippen MR) is 84.4 cm³/mol. The zero-order valence-corrected chi connectivity index (χ0v) is 13.6. The maximum atomic E-state index is 12.4. The molecule has 3 N–H and O–H groups in total. The first-order valence-corrected chi connectivity index (χ1v) is 8.87. The van der Waals surface area contributed by atoms with Gasteiger partial charge in [-0.3, -0.25) is 0 Å². The number of nitrogens with two attached hydrogens (primary N) is 1. The van der Waals surface area contributed by atoms with Gasteiger partial charge < -0.3 is 10.6 Å². The van der Waals surface area contributed by atoms with Crippen LogP contribution in [0.5, 0.6) is 0 Å². The van der Waals surface area contributed by atoms with Crippen molar-refractivity contribution in [1.29, 1.82) is 0 Å². The molecular weight excluding hydrogens is 286 g/mol. The van der Waals surface area contributed by atoms with Crippen LogP contribution in [0.1, 0.15) is 31.2 Å². The first-order valence-electron chi connectivity index (χ1n) is 7.38. The lowest BCUT2D eigenvalue weighted by molar-refractivity contribution is 0.371. The number of benzene rings is 1. The van der Waals surface area contributed by atoms with Crippen LogP contribution in [0.3, 0.4) is 0 Å². The lowest BCUT2D eigenvalue weighted by Gasteiger charge is -2.27. The van der Waals surface area contributed by atoms with Crippen molar-refractivity contribution in [3.05, 3.63) is 29.8 Å². The third-order valence-electron chi connectivity index (χ3n) is 3.77. The molecule has 0 radical (unpaired) electrons. The second kappa shape index (κ2) is 6.87. The summed E-state index contributed by atoms with van der Waals surface area (Å²) in [5.41, 5.74) is 7.01. The summed E-state index contributed by atoms with van der Waals surface area (Å²) in [7, 11) is 0.522. The minimum atomic E-state index is -3.45. The topological polar surface area (TPSA) is 75.4 Å². The molecule has 5 nitrogen and oxygen atoms in total. The Balaban J connectivity index is 2.05. The number of nitrogens with one attached hydrogen (secondary N) is 1. The van der Waals surface area contributed by atoms with Gasteiger partial charge in [-0.05, 0) is 51.1 Å². The molecule has 2 unspecified atom stereocenters. The molecule has 0 saturated heterocycles. The Morgan fingerprint density at radius 1 is 1.24 bits per heavy atom. The standard InChI is InChI=1S/C15H25N3O2S/c1-18(2)11-12-6-8-15(9-7-12)21(19,20)17-14-5-3-4-13(16)10-14/h6-9,13-14,17H,3-5,10-11,16H2,1-2H3. The van der Waals surface area contributed by atoms with E-state index in [1.165, 1.54) is 0 Å². The van der Waals surface area contributed by atoms with Gasteiger partial charge in [-0.2, -0.15) is 0 Å². The molecular formula is C15H25N3O2S. The van der Waals surface area contributed by atoms with Crippen molar-refractivity contribution < 1.29 is 8.42 Å². The fourth-order valence-corrected chi connectivity index (χ4v) is 4.04. The molecule has 21 heavy (non-hydrogen) atoms. The van der Waals surface area contributed by atoms with Crippen molar-refractivity contribution in [1.82, 2.24) is 9.62 Å². The molecule has 0 bridgehead atoms. The lowest BCUT2D eigenvalue weighted by Crippen LogP contribution is -2.42. The third kappa shape index (κ3) is 4.78. The minimum Gasteiger partial charge on any atom is -0.328 e. The third-order valence-corrected chi connectivity index (χ3v) is 5.31. The van der Waals surface area contributed by atoms with Gasteiger partial charge in [0.1, 0.15) is 0 Å². The van der Waals surface area contributed by atoms with Gasteiger partial charge in [0.15, 0.2) is 0 Å². The maximum absolute atomic E-state index is 12.4. The summed E-state index contributed by atoms with van der Waals surface area (Å²) in [6, 6.07) is 7.13. The van der Waals surface area contributed by atoms with Crippen LogP contribution in [-0.4, -0.2) is 39.5 Å². The van der Waals surface area contributed by atoms with Gasteiger partial charge in [-0.1, -0.05) is 18.6 Å². The van der Waals surface area contributed by atoms with Crippen molar-refractivity contribution in [3.8, 4) is 0 Å². The fraction of sp³-hybridized carbons (Fsp3) is 0.600. The molecule has 1 saturated carbocycles. The van der Waals surface area contributed by atoms with Gasteiger partial charge in [0, 0.05) is 18.6 Å². The highest BCUT2D eigenvalue weighted by Crippen LogP contribution is 2.20. The minimum absolute atomic E-state index is 0.0415. The van der Waals surface area contributed by atoms with Crippen LogP contribution in [0.4, 0.5) is 0 Å². The molecule has 0 heterocycles. The molecule has 1 aromatic rings. The highest BCUT2D eigenvalue weighted by molar-refractivity contribution is 7.89. The van der Waals surface area contributed by atoms with Crippen LogP contribution in [0.25, 0.3) is 0 Å². The van der Waals surface area contributed by atoms with E-state index in [4.69, 9.17) is 5.73 Å². The average Bonchev–Trinajstić information content (AvgIpc) is 2.38. The summed E-state index contributed by atoms with van der Waals surface area (Å²) in [5, 5.41) is 0. The Kier molecular flexibility index (Phi) is 5.37. The van der Waals surface area contributed by atoms with E-state index in [0.29, 0.717) is 4.90 Å². The molecule has 1 aromatic carbocycles. The molecule has 1 aliphatic rings. The number of hydrogen-bond acceptors (Lipinski definition) is 4. The van der Waals surface area contributed by atoms with Gasteiger partial charge >= 0.3 is 0 Å². The van der Waals surface area contributed by atoms with E-state index in [-0.39, 0.29) is 12.1 Å². The van der Waals surface area contributed by atoms with Crippen LogP contribution < -0.4 is 10.5 Å². The monoisotopic (exact) mass is 311 g/mol. The van der Waals surface area contributed by atoms with E-state index >= 15 is 0 Å². The van der Waals surface area contributed by atoms with Gasteiger partial charge in [0.25, 0.3) is 0 Å². The van der Waals surface area contributed by atoms with Gasteiger partial charge in [0.05, 0.1) is 4.90 Å². The molecule has 2 rings (SSSR count). The average molecular weight is 311 g/mol. The Bertz CT molecular complexity index is 555. The summed E-state index contributed by atoms with van der Waals surface area (Å²) >= 11 is 0. The molecule has 2 atom stereocenters. The molecule has 0 spiro atoms. The van der Waals surface area contributed by atoms with Gasteiger partial charge in [0.2, 0.25) is 10.0 Å². The maximum Gasteiger partial charge on any atom is 0.240 e. The SMILES string of the molecule is CN(C)Cc1ccc(S(=O)(=O)NC2CCCC(N)C2)cc1. The molecule has 0 aliphatic heterocycles. The summed E-state index contributed by atoms with van der Waals surface area (Å²) in [4.78, 5) is 2.37. The van der Waals surface area contributed by atoms with Crippen molar-refractivity contribution in [2.75, 3.05) is 14.1 Å². The molecule has 118 valence electrons. The Morgan fingerprint density at radius 2 is 1.90 bits per heavy atom. The highest BCUT2D eigenvalue weighted by atomic mass is 32.2. The predicted octanol–water partition coefficient (Wildman–Crippen LogP) is 1.30. The fourth-order valence-electron chi connectivity index (χ4n) is 2.76. The van der Waals surface area contributed by atoms with Crippen LogP contribution in [0.15, 0.2) is 29.2 Å². The Hall–Kier alpha value is -0.950. The van der Waals surface area contributed by atoms with Crippen molar-refractivity contribution in [2.45, 2.75) is 49.2 Å². The number of sulfonamides is 1. The zero-order chi connectivity index (χ0) is 15.5. The van der Waals surface area contributed by atoms with Crippen molar-refractivity contribution in [3.63, 3.8) is 0 Å². The first-order chi connectivity index (χ1) is 9.87. The van der Waals surface area contributed by atoms with E-state index in [9.17, 15) is 8.42 Å². The largest absolute Gasteiger partial charge is 0.328 e. The number of rotatable bonds is 5. The molecule has 0 aromatic heterocycles. The normalized spacial score (nSPS) is 23.4. The number of nitrogens with zero attached hydrogens (tertiary/aromatic N) is 1. The first kappa shape index (κ1) is 16.4. The second-order valence-electron chi connectivity index (χ2n) is 6.13. The smallest absolute Gasteiger partial charge is 0.240 e. The van der Waals surface area contributed by atoms with E-state index in [1.807, 2.05) is 31.1 Å². The Morgan fingerprint density at radius 3 is 2.48 bits per heavy atom. The lowest BCUT2D eigenvalue weighted by atomic mass is 9.92. The van der Waals surface area contributed by atoms with Crippen LogP contribution in [-0.2, 0) is 16.6 Å². The van der Waals surface area contributed by atoms with Crippen molar-refractivity contribution in [2.24, 2.45) is 5.73 Å².